The zero-order valence-corrected chi connectivity index (χ0v) is 11.5. The Kier molecular flexibility index (Phi) is 10.3. The summed E-state index contributed by atoms with van der Waals surface area (Å²) in [5.41, 5.74) is 0. The van der Waals surface area contributed by atoms with Crippen LogP contribution in [0.15, 0.2) is 4.99 Å². The van der Waals surface area contributed by atoms with Gasteiger partial charge in [-0.3, -0.25) is 4.99 Å². The SMILES string of the molecule is CCCCCCN=C(NCC)NC(C)CC. The molecule has 0 rings (SSSR count). The highest BCUT2D eigenvalue weighted by Gasteiger charge is 2.01. The van der Waals surface area contributed by atoms with E-state index in [0.29, 0.717) is 6.04 Å². The van der Waals surface area contributed by atoms with Crippen LogP contribution in [0.1, 0.15) is 59.8 Å². The monoisotopic (exact) mass is 227 g/mol. The number of aliphatic imine (C=N–C) groups is 1. The van der Waals surface area contributed by atoms with Crippen molar-refractivity contribution in [2.75, 3.05) is 13.1 Å². The summed E-state index contributed by atoms with van der Waals surface area (Å²) in [6.07, 6.45) is 6.23. The van der Waals surface area contributed by atoms with E-state index in [-0.39, 0.29) is 0 Å². The highest BCUT2D eigenvalue weighted by molar-refractivity contribution is 5.79. The van der Waals surface area contributed by atoms with Gasteiger partial charge in [-0.05, 0) is 26.7 Å². The topological polar surface area (TPSA) is 36.4 Å². The van der Waals surface area contributed by atoms with Gasteiger partial charge in [-0.2, -0.15) is 0 Å². The third kappa shape index (κ3) is 8.57. The van der Waals surface area contributed by atoms with Crippen LogP contribution in [0, 0.1) is 0 Å². The molecule has 0 radical (unpaired) electrons. The molecule has 3 heteroatoms. The van der Waals surface area contributed by atoms with Gasteiger partial charge in [-0.1, -0.05) is 33.1 Å². The maximum absolute atomic E-state index is 4.57. The van der Waals surface area contributed by atoms with E-state index < -0.39 is 0 Å². The van der Waals surface area contributed by atoms with E-state index in [1.807, 2.05) is 0 Å². The van der Waals surface area contributed by atoms with Crippen molar-refractivity contribution in [2.24, 2.45) is 4.99 Å². The average Bonchev–Trinajstić information content (AvgIpc) is 2.28. The van der Waals surface area contributed by atoms with Gasteiger partial charge >= 0.3 is 0 Å². The van der Waals surface area contributed by atoms with E-state index in [2.05, 4.69) is 43.3 Å². The van der Waals surface area contributed by atoms with Crippen LogP contribution < -0.4 is 10.6 Å². The Balaban J connectivity index is 3.84. The molecule has 16 heavy (non-hydrogen) atoms. The number of rotatable bonds is 8. The van der Waals surface area contributed by atoms with Gasteiger partial charge in [0.05, 0.1) is 0 Å². The molecular weight excluding hydrogens is 198 g/mol. The van der Waals surface area contributed by atoms with Crippen molar-refractivity contribution < 1.29 is 0 Å². The van der Waals surface area contributed by atoms with Crippen LogP contribution in [-0.2, 0) is 0 Å². The first-order valence-corrected chi connectivity index (χ1v) is 6.79. The molecule has 0 aromatic rings. The molecule has 0 aliphatic rings. The Morgan fingerprint density at radius 1 is 1.12 bits per heavy atom. The molecule has 2 N–H and O–H groups in total. The number of hydrogen-bond donors (Lipinski definition) is 2. The van der Waals surface area contributed by atoms with Crippen molar-refractivity contribution in [3.63, 3.8) is 0 Å². The Bertz CT molecular complexity index is 178. The van der Waals surface area contributed by atoms with E-state index in [4.69, 9.17) is 0 Å². The largest absolute Gasteiger partial charge is 0.357 e. The first-order chi connectivity index (χ1) is 7.74. The van der Waals surface area contributed by atoms with Crippen molar-refractivity contribution >= 4 is 5.96 Å². The fourth-order valence-corrected chi connectivity index (χ4v) is 1.38. The van der Waals surface area contributed by atoms with Gasteiger partial charge in [0, 0.05) is 19.1 Å². The number of nitrogens with one attached hydrogen (secondary N) is 2. The number of hydrogen-bond acceptors (Lipinski definition) is 1. The molecule has 0 spiro atoms. The van der Waals surface area contributed by atoms with Crippen LogP contribution in [0.25, 0.3) is 0 Å². The lowest BCUT2D eigenvalue weighted by Gasteiger charge is -2.16. The molecule has 1 unspecified atom stereocenters. The van der Waals surface area contributed by atoms with Gasteiger partial charge in [0.15, 0.2) is 5.96 Å². The van der Waals surface area contributed by atoms with Crippen molar-refractivity contribution in [1.29, 1.82) is 0 Å². The summed E-state index contributed by atoms with van der Waals surface area (Å²) in [6.45, 7) is 10.6. The molecule has 3 nitrogen and oxygen atoms in total. The second-order valence-corrected chi connectivity index (χ2v) is 4.27. The molecule has 0 saturated heterocycles. The van der Waals surface area contributed by atoms with Crippen LogP contribution in [0.2, 0.25) is 0 Å². The molecule has 0 heterocycles. The lowest BCUT2D eigenvalue weighted by Crippen LogP contribution is -2.42. The second-order valence-electron chi connectivity index (χ2n) is 4.27. The number of nitrogens with zero attached hydrogens (tertiary/aromatic N) is 1. The lowest BCUT2D eigenvalue weighted by molar-refractivity contribution is 0.620. The summed E-state index contributed by atoms with van der Waals surface area (Å²) in [7, 11) is 0. The predicted molar refractivity (Wildman–Crippen MR) is 73.0 cm³/mol. The Labute approximate surface area is 101 Å². The first-order valence-electron chi connectivity index (χ1n) is 6.79. The highest BCUT2D eigenvalue weighted by atomic mass is 15.2. The van der Waals surface area contributed by atoms with E-state index >= 15 is 0 Å². The fourth-order valence-electron chi connectivity index (χ4n) is 1.38. The van der Waals surface area contributed by atoms with Gasteiger partial charge in [0.2, 0.25) is 0 Å². The Morgan fingerprint density at radius 2 is 1.88 bits per heavy atom. The third-order valence-electron chi connectivity index (χ3n) is 2.62. The zero-order valence-electron chi connectivity index (χ0n) is 11.5. The Hall–Kier alpha value is -0.730. The number of guanidine groups is 1. The van der Waals surface area contributed by atoms with E-state index in [0.717, 1.165) is 25.5 Å². The molecule has 0 bridgehead atoms. The molecular formula is C13H29N3. The Morgan fingerprint density at radius 3 is 2.44 bits per heavy atom. The minimum Gasteiger partial charge on any atom is -0.357 e. The fraction of sp³-hybridized carbons (Fsp3) is 0.923. The normalized spacial score (nSPS) is 13.6. The first kappa shape index (κ1) is 15.3. The minimum atomic E-state index is 0.494. The zero-order chi connectivity index (χ0) is 12.2. The molecule has 0 saturated carbocycles. The molecule has 0 aromatic heterocycles. The lowest BCUT2D eigenvalue weighted by atomic mass is 10.2. The summed E-state index contributed by atoms with van der Waals surface area (Å²) >= 11 is 0. The van der Waals surface area contributed by atoms with Gasteiger partial charge < -0.3 is 10.6 Å². The van der Waals surface area contributed by atoms with Crippen molar-refractivity contribution in [2.45, 2.75) is 65.8 Å². The maximum Gasteiger partial charge on any atom is 0.191 e. The van der Waals surface area contributed by atoms with E-state index in [1.54, 1.807) is 0 Å². The van der Waals surface area contributed by atoms with Crippen LogP contribution in [-0.4, -0.2) is 25.1 Å². The van der Waals surface area contributed by atoms with Crippen LogP contribution in [0.5, 0.6) is 0 Å². The van der Waals surface area contributed by atoms with Crippen LogP contribution in [0.4, 0.5) is 0 Å². The van der Waals surface area contributed by atoms with Gasteiger partial charge in [-0.25, -0.2) is 0 Å². The number of unbranched alkanes of at least 4 members (excludes halogenated alkanes) is 3. The van der Waals surface area contributed by atoms with Gasteiger partial charge in [0.1, 0.15) is 0 Å². The summed E-state index contributed by atoms with van der Waals surface area (Å²) < 4.78 is 0. The smallest absolute Gasteiger partial charge is 0.191 e. The average molecular weight is 227 g/mol. The van der Waals surface area contributed by atoms with Gasteiger partial charge in [0.25, 0.3) is 0 Å². The molecule has 96 valence electrons. The summed E-state index contributed by atoms with van der Waals surface area (Å²) in [6, 6.07) is 0.494. The molecule has 0 aliphatic carbocycles. The predicted octanol–water partition coefficient (Wildman–Crippen LogP) is 2.92. The summed E-state index contributed by atoms with van der Waals surface area (Å²) in [5, 5.41) is 6.67. The van der Waals surface area contributed by atoms with E-state index in [9.17, 15) is 0 Å². The molecule has 0 aliphatic heterocycles. The molecule has 0 amide bonds. The standard InChI is InChI=1S/C13H29N3/c1-5-8-9-10-11-15-13(14-7-3)16-12(4)6-2/h12H,5-11H2,1-4H3,(H2,14,15,16). The van der Waals surface area contributed by atoms with Crippen LogP contribution >= 0.6 is 0 Å². The molecule has 0 fully saturated rings. The molecule has 0 aromatic carbocycles. The van der Waals surface area contributed by atoms with Crippen LogP contribution in [0.3, 0.4) is 0 Å². The van der Waals surface area contributed by atoms with Gasteiger partial charge in [-0.15, -0.1) is 0 Å². The van der Waals surface area contributed by atoms with Crippen molar-refractivity contribution in [1.82, 2.24) is 10.6 Å². The molecule has 1 atom stereocenters. The maximum atomic E-state index is 4.57. The second kappa shape index (κ2) is 10.8. The third-order valence-corrected chi connectivity index (χ3v) is 2.62. The summed E-state index contributed by atoms with van der Waals surface area (Å²) in [4.78, 5) is 4.57. The van der Waals surface area contributed by atoms with E-state index in [1.165, 1.54) is 25.7 Å². The van der Waals surface area contributed by atoms with Crippen molar-refractivity contribution in [3.8, 4) is 0 Å². The van der Waals surface area contributed by atoms with Crippen molar-refractivity contribution in [3.05, 3.63) is 0 Å². The highest BCUT2D eigenvalue weighted by Crippen LogP contribution is 1.98. The summed E-state index contributed by atoms with van der Waals surface area (Å²) in [5.74, 6) is 0.966. The quantitative estimate of drug-likeness (QED) is 0.380. The minimum absolute atomic E-state index is 0.494.